The summed E-state index contributed by atoms with van der Waals surface area (Å²) in [7, 11) is 0. The molecule has 5 unspecified atom stereocenters. The lowest BCUT2D eigenvalue weighted by Gasteiger charge is -2.40. The summed E-state index contributed by atoms with van der Waals surface area (Å²) in [6, 6.07) is 0.904. The fourth-order valence-electron chi connectivity index (χ4n) is 3.56. The van der Waals surface area contributed by atoms with E-state index in [-0.39, 0.29) is 17.9 Å². The number of carbonyl (C=O) groups excluding carboxylic acids is 1. The monoisotopic (exact) mass is 267 g/mol. The molecule has 0 bridgehead atoms. The van der Waals surface area contributed by atoms with Gasteiger partial charge >= 0.3 is 0 Å². The summed E-state index contributed by atoms with van der Waals surface area (Å²) in [5, 5.41) is 2.15. The molecule has 2 fully saturated rings. The van der Waals surface area contributed by atoms with Crippen LogP contribution in [0.2, 0.25) is 0 Å². The van der Waals surface area contributed by atoms with E-state index in [1.165, 1.54) is 6.42 Å². The van der Waals surface area contributed by atoms with Crippen LogP contribution < -0.4 is 11.2 Å². The zero-order chi connectivity index (χ0) is 14.0. The molecule has 1 heterocycles. The van der Waals surface area contributed by atoms with Gasteiger partial charge < -0.3 is 5.73 Å². The van der Waals surface area contributed by atoms with Crippen LogP contribution in [0.4, 0.5) is 0 Å². The van der Waals surface area contributed by atoms with Crippen LogP contribution in [0.25, 0.3) is 0 Å². The fourth-order valence-corrected chi connectivity index (χ4v) is 3.56. The SMILES string of the molecule is CC1CCC(N)C(C(=O)NN2C(C)CCCC2C)C1. The Morgan fingerprint density at radius 1 is 1.11 bits per heavy atom. The van der Waals surface area contributed by atoms with Gasteiger partial charge in [-0.15, -0.1) is 0 Å². The zero-order valence-electron chi connectivity index (χ0n) is 12.6. The van der Waals surface area contributed by atoms with Crippen LogP contribution in [0.5, 0.6) is 0 Å². The Bertz CT molecular complexity index is 311. The van der Waals surface area contributed by atoms with Crippen LogP contribution >= 0.6 is 0 Å². The molecule has 0 aromatic carbocycles. The number of nitrogens with one attached hydrogen (secondary N) is 1. The van der Waals surface area contributed by atoms with Crippen molar-refractivity contribution < 1.29 is 4.79 Å². The number of carbonyl (C=O) groups is 1. The maximum absolute atomic E-state index is 12.5. The minimum absolute atomic E-state index is 0.00919. The summed E-state index contributed by atoms with van der Waals surface area (Å²) in [5.74, 6) is 0.747. The molecular weight excluding hydrogens is 238 g/mol. The lowest BCUT2D eigenvalue weighted by atomic mass is 9.79. The van der Waals surface area contributed by atoms with Gasteiger partial charge in [-0.1, -0.05) is 13.3 Å². The van der Waals surface area contributed by atoms with Crippen LogP contribution in [0.3, 0.4) is 0 Å². The highest BCUT2D eigenvalue weighted by Crippen LogP contribution is 2.29. The van der Waals surface area contributed by atoms with Crippen LogP contribution in [-0.2, 0) is 4.79 Å². The predicted octanol–water partition coefficient (Wildman–Crippen LogP) is 2.04. The maximum atomic E-state index is 12.5. The van der Waals surface area contributed by atoms with Gasteiger partial charge in [0.05, 0.1) is 5.92 Å². The molecule has 0 aromatic rings. The molecule has 1 aliphatic carbocycles. The highest BCUT2D eigenvalue weighted by molar-refractivity contribution is 5.79. The van der Waals surface area contributed by atoms with Gasteiger partial charge in [-0.2, -0.15) is 0 Å². The first-order valence-corrected chi connectivity index (χ1v) is 7.83. The maximum Gasteiger partial charge on any atom is 0.238 e. The molecule has 0 aromatic heterocycles. The van der Waals surface area contributed by atoms with E-state index in [9.17, 15) is 4.79 Å². The van der Waals surface area contributed by atoms with Gasteiger partial charge in [-0.3, -0.25) is 10.2 Å². The second-order valence-electron chi connectivity index (χ2n) is 6.70. The Labute approximate surface area is 117 Å². The third-order valence-corrected chi connectivity index (χ3v) is 4.94. The third kappa shape index (κ3) is 3.48. The molecule has 4 heteroatoms. The molecule has 3 N–H and O–H groups in total. The first-order valence-electron chi connectivity index (χ1n) is 7.83. The summed E-state index contributed by atoms with van der Waals surface area (Å²) >= 11 is 0. The molecule has 5 atom stereocenters. The van der Waals surface area contributed by atoms with Crippen LogP contribution in [-0.4, -0.2) is 29.0 Å². The highest BCUT2D eigenvalue weighted by atomic mass is 16.2. The average Bonchev–Trinajstić information content (AvgIpc) is 2.37. The van der Waals surface area contributed by atoms with Crippen molar-refractivity contribution in [1.82, 2.24) is 10.4 Å². The van der Waals surface area contributed by atoms with Crippen molar-refractivity contribution in [2.45, 2.75) is 77.4 Å². The lowest BCUT2D eigenvalue weighted by Crippen LogP contribution is -2.57. The Morgan fingerprint density at radius 3 is 2.37 bits per heavy atom. The molecule has 2 rings (SSSR count). The minimum Gasteiger partial charge on any atom is -0.327 e. The van der Waals surface area contributed by atoms with E-state index < -0.39 is 0 Å². The second kappa shape index (κ2) is 6.23. The minimum atomic E-state index is -0.00919. The number of hydrazine groups is 1. The van der Waals surface area contributed by atoms with Crippen molar-refractivity contribution in [2.24, 2.45) is 17.6 Å². The molecule has 2 aliphatic rings. The van der Waals surface area contributed by atoms with Crippen molar-refractivity contribution in [3.8, 4) is 0 Å². The Kier molecular flexibility index (Phi) is 4.85. The molecule has 0 spiro atoms. The van der Waals surface area contributed by atoms with Crippen LogP contribution in [0.1, 0.15) is 59.3 Å². The van der Waals surface area contributed by atoms with E-state index in [1.54, 1.807) is 0 Å². The van der Waals surface area contributed by atoms with Gasteiger partial charge in [0.25, 0.3) is 0 Å². The van der Waals surface area contributed by atoms with Crippen molar-refractivity contribution >= 4 is 5.91 Å². The van der Waals surface area contributed by atoms with Gasteiger partial charge in [0.1, 0.15) is 0 Å². The predicted molar refractivity (Wildman–Crippen MR) is 77.2 cm³/mol. The number of nitrogens with two attached hydrogens (primary N) is 1. The van der Waals surface area contributed by atoms with Crippen molar-refractivity contribution in [3.05, 3.63) is 0 Å². The molecule has 1 saturated heterocycles. The quantitative estimate of drug-likeness (QED) is 0.805. The molecular formula is C15H29N3O. The normalized spacial score (nSPS) is 40.9. The molecule has 4 nitrogen and oxygen atoms in total. The van der Waals surface area contributed by atoms with E-state index in [0.29, 0.717) is 18.0 Å². The molecule has 1 aliphatic heterocycles. The lowest BCUT2D eigenvalue weighted by molar-refractivity contribution is -0.135. The molecule has 19 heavy (non-hydrogen) atoms. The topological polar surface area (TPSA) is 58.4 Å². The first-order chi connectivity index (χ1) is 8.99. The van der Waals surface area contributed by atoms with Crippen LogP contribution in [0, 0.1) is 11.8 Å². The highest BCUT2D eigenvalue weighted by Gasteiger charge is 2.34. The number of hydrogen-bond acceptors (Lipinski definition) is 3. The number of nitrogens with zero attached hydrogens (tertiary/aromatic N) is 1. The average molecular weight is 267 g/mol. The Hall–Kier alpha value is -0.610. The third-order valence-electron chi connectivity index (χ3n) is 4.94. The number of amides is 1. The van der Waals surface area contributed by atoms with Gasteiger partial charge in [0.15, 0.2) is 0 Å². The second-order valence-corrected chi connectivity index (χ2v) is 6.70. The molecule has 0 radical (unpaired) electrons. The standard InChI is InChI=1S/C15H29N3O/c1-10-7-8-14(16)13(9-10)15(19)17-18-11(2)5-4-6-12(18)3/h10-14H,4-9,16H2,1-3H3,(H,17,19). The van der Waals surface area contributed by atoms with Crippen molar-refractivity contribution in [2.75, 3.05) is 0 Å². The Balaban J connectivity index is 1.95. The van der Waals surface area contributed by atoms with E-state index in [1.807, 2.05) is 0 Å². The molecule has 110 valence electrons. The largest absolute Gasteiger partial charge is 0.327 e. The van der Waals surface area contributed by atoms with E-state index in [4.69, 9.17) is 5.73 Å². The van der Waals surface area contributed by atoms with E-state index in [2.05, 4.69) is 31.2 Å². The summed E-state index contributed by atoms with van der Waals surface area (Å²) in [5.41, 5.74) is 9.29. The number of piperidine rings is 1. The van der Waals surface area contributed by atoms with Gasteiger partial charge in [-0.25, -0.2) is 5.01 Å². The van der Waals surface area contributed by atoms with Gasteiger partial charge in [-0.05, 0) is 51.9 Å². The van der Waals surface area contributed by atoms with Crippen LogP contribution in [0.15, 0.2) is 0 Å². The number of rotatable bonds is 2. The van der Waals surface area contributed by atoms with Crippen molar-refractivity contribution in [1.29, 1.82) is 0 Å². The smallest absolute Gasteiger partial charge is 0.238 e. The van der Waals surface area contributed by atoms with Crippen molar-refractivity contribution in [3.63, 3.8) is 0 Å². The summed E-state index contributed by atoms with van der Waals surface area (Å²) < 4.78 is 0. The summed E-state index contributed by atoms with van der Waals surface area (Å²) in [4.78, 5) is 12.5. The number of hydrogen-bond donors (Lipinski definition) is 2. The zero-order valence-corrected chi connectivity index (χ0v) is 12.6. The van der Waals surface area contributed by atoms with Gasteiger partial charge in [0, 0.05) is 18.1 Å². The summed E-state index contributed by atoms with van der Waals surface area (Å²) in [6.45, 7) is 6.61. The summed E-state index contributed by atoms with van der Waals surface area (Å²) in [6.07, 6.45) is 6.65. The molecule has 1 saturated carbocycles. The first kappa shape index (κ1) is 14.8. The van der Waals surface area contributed by atoms with E-state index >= 15 is 0 Å². The van der Waals surface area contributed by atoms with E-state index in [0.717, 1.165) is 32.1 Å². The Morgan fingerprint density at radius 2 is 1.74 bits per heavy atom. The molecule has 1 amide bonds. The fraction of sp³-hybridized carbons (Fsp3) is 0.933. The van der Waals surface area contributed by atoms with Gasteiger partial charge in [0.2, 0.25) is 5.91 Å².